The molecule has 0 aliphatic carbocycles. The quantitative estimate of drug-likeness (QED) is 0.811. The Labute approximate surface area is 125 Å². The van der Waals surface area contributed by atoms with Gasteiger partial charge >= 0.3 is 0 Å². The minimum absolute atomic E-state index is 0.436. The zero-order chi connectivity index (χ0) is 15.1. The zero-order valence-electron chi connectivity index (χ0n) is 12.9. The minimum atomic E-state index is 0.436. The van der Waals surface area contributed by atoms with Gasteiger partial charge in [-0.1, -0.05) is 19.9 Å². The highest BCUT2D eigenvalue weighted by molar-refractivity contribution is 5.40. The molecule has 0 aliphatic rings. The summed E-state index contributed by atoms with van der Waals surface area (Å²) >= 11 is 0. The SMILES string of the molecule is COc1ccc(CNC(C)C)c(OCCn2ccnc2)c1. The van der Waals surface area contributed by atoms with Gasteiger partial charge in [0.2, 0.25) is 0 Å². The number of rotatable bonds is 8. The predicted molar refractivity (Wildman–Crippen MR) is 82.7 cm³/mol. The lowest BCUT2D eigenvalue weighted by Crippen LogP contribution is -2.22. The van der Waals surface area contributed by atoms with Gasteiger partial charge in [0.15, 0.2) is 0 Å². The number of nitrogens with one attached hydrogen (secondary N) is 1. The number of hydrogen-bond donors (Lipinski definition) is 1. The Morgan fingerprint density at radius 2 is 2.19 bits per heavy atom. The fourth-order valence-corrected chi connectivity index (χ4v) is 1.94. The first kappa shape index (κ1) is 15.4. The summed E-state index contributed by atoms with van der Waals surface area (Å²) in [5.41, 5.74) is 1.13. The van der Waals surface area contributed by atoms with Crippen LogP contribution in [0.3, 0.4) is 0 Å². The van der Waals surface area contributed by atoms with E-state index in [1.165, 1.54) is 0 Å². The topological polar surface area (TPSA) is 48.3 Å². The van der Waals surface area contributed by atoms with Crippen molar-refractivity contribution < 1.29 is 9.47 Å². The third kappa shape index (κ3) is 4.79. The van der Waals surface area contributed by atoms with Crippen LogP contribution in [0.1, 0.15) is 19.4 Å². The van der Waals surface area contributed by atoms with Crippen LogP contribution in [0.25, 0.3) is 0 Å². The van der Waals surface area contributed by atoms with E-state index in [9.17, 15) is 0 Å². The third-order valence-electron chi connectivity index (χ3n) is 3.14. The maximum Gasteiger partial charge on any atom is 0.127 e. The molecule has 21 heavy (non-hydrogen) atoms. The fraction of sp³-hybridized carbons (Fsp3) is 0.438. The van der Waals surface area contributed by atoms with Crippen LogP contribution in [0.4, 0.5) is 0 Å². The van der Waals surface area contributed by atoms with Crippen LogP contribution in [0.2, 0.25) is 0 Å². The molecule has 2 rings (SSSR count). The molecule has 1 aromatic heterocycles. The lowest BCUT2D eigenvalue weighted by Gasteiger charge is -2.15. The molecule has 0 fully saturated rings. The van der Waals surface area contributed by atoms with E-state index in [1.807, 2.05) is 29.0 Å². The van der Waals surface area contributed by atoms with Crippen molar-refractivity contribution in [1.82, 2.24) is 14.9 Å². The molecule has 114 valence electrons. The molecule has 0 spiro atoms. The highest BCUT2D eigenvalue weighted by Crippen LogP contribution is 2.25. The molecular weight excluding hydrogens is 266 g/mol. The predicted octanol–water partition coefficient (Wildman–Crippen LogP) is 2.47. The van der Waals surface area contributed by atoms with Crippen molar-refractivity contribution in [2.24, 2.45) is 0 Å². The molecule has 0 amide bonds. The van der Waals surface area contributed by atoms with E-state index in [0.717, 1.165) is 30.2 Å². The van der Waals surface area contributed by atoms with Crippen molar-refractivity contribution >= 4 is 0 Å². The van der Waals surface area contributed by atoms with Crippen molar-refractivity contribution in [3.8, 4) is 11.5 Å². The molecule has 0 radical (unpaired) electrons. The minimum Gasteiger partial charge on any atom is -0.497 e. The second-order valence-electron chi connectivity index (χ2n) is 5.16. The smallest absolute Gasteiger partial charge is 0.127 e. The number of imidazole rings is 1. The molecule has 0 aliphatic heterocycles. The Hall–Kier alpha value is -2.01. The molecule has 2 aromatic rings. The monoisotopic (exact) mass is 289 g/mol. The second kappa shape index (κ2) is 7.69. The van der Waals surface area contributed by atoms with Gasteiger partial charge in [-0.15, -0.1) is 0 Å². The number of ether oxygens (including phenoxy) is 2. The van der Waals surface area contributed by atoms with Crippen LogP contribution in [0.5, 0.6) is 11.5 Å². The van der Waals surface area contributed by atoms with Crippen LogP contribution in [-0.4, -0.2) is 29.3 Å². The van der Waals surface area contributed by atoms with Crippen molar-refractivity contribution in [2.45, 2.75) is 33.0 Å². The Kier molecular flexibility index (Phi) is 5.63. The summed E-state index contributed by atoms with van der Waals surface area (Å²) in [6.07, 6.45) is 5.48. The van der Waals surface area contributed by atoms with Crippen molar-refractivity contribution in [2.75, 3.05) is 13.7 Å². The Morgan fingerprint density at radius 1 is 1.33 bits per heavy atom. The van der Waals surface area contributed by atoms with Gasteiger partial charge in [0.1, 0.15) is 18.1 Å². The van der Waals surface area contributed by atoms with Gasteiger partial charge in [-0.25, -0.2) is 4.98 Å². The van der Waals surface area contributed by atoms with Crippen molar-refractivity contribution in [3.05, 3.63) is 42.5 Å². The normalized spacial score (nSPS) is 10.9. The third-order valence-corrected chi connectivity index (χ3v) is 3.14. The maximum absolute atomic E-state index is 5.92. The summed E-state index contributed by atoms with van der Waals surface area (Å²) in [5.74, 6) is 1.67. The van der Waals surface area contributed by atoms with Crippen molar-refractivity contribution in [1.29, 1.82) is 0 Å². The first-order valence-electron chi connectivity index (χ1n) is 7.18. The summed E-state index contributed by atoms with van der Waals surface area (Å²) in [4.78, 5) is 4.02. The van der Waals surface area contributed by atoms with E-state index in [1.54, 1.807) is 19.6 Å². The van der Waals surface area contributed by atoms with Crippen LogP contribution in [0.15, 0.2) is 36.9 Å². The molecule has 0 saturated heterocycles. The van der Waals surface area contributed by atoms with Gasteiger partial charge in [0.25, 0.3) is 0 Å². The Bertz CT molecular complexity index is 538. The summed E-state index contributed by atoms with van der Waals surface area (Å²) in [5, 5.41) is 3.41. The number of methoxy groups -OCH3 is 1. The van der Waals surface area contributed by atoms with Crippen LogP contribution in [0, 0.1) is 0 Å². The van der Waals surface area contributed by atoms with Gasteiger partial charge in [-0.2, -0.15) is 0 Å². The van der Waals surface area contributed by atoms with E-state index in [2.05, 4.69) is 24.1 Å². The van der Waals surface area contributed by atoms with Gasteiger partial charge in [-0.3, -0.25) is 0 Å². The highest BCUT2D eigenvalue weighted by Gasteiger charge is 2.07. The lowest BCUT2D eigenvalue weighted by molar-refractivity contribution is 0.292. The summed E-state index contributed by atoms with van der Waals surface area (Å²) in [6, 6.07) is 6.37. The summed E-state index contributed by atoms with van der Waals surface area (Å²) in [6.45, 7) is 6.40. The Morgan fingerprint density at radius 3 is 2.86 bits per heavy atom. The van der Waals surface area contributed by atoms with E-state index < -0.39 is 0 Å². The molecule has 5 heteroatoms. The molecule has 1 aromatic carbocycles. The van der Waals surface area contributed by atoms with Gasteiger partial charge in [0, 0.05) is 36.6 Å². The van der Waals surface area contributed by atoms with E-state index in [-0.39, 0.29) is 0 Å². The summed E-state index contributed by atoms with van der Waals surface area (Å²) in [7, 11) is 1.66. The van der Waals surface area contributed by atoms with Gasteiger partial charge in [-0.05, 0) is 6.07 Å². The highest BCUT2D eigenvalue weighted by atomic mass is 16.5. The molecular formula is C16H23N3O2. The average Bonchev–Trinajstić information content (AvgIpc) is 2.99. The number of hydrogen-bond acceptors (Lipinski definition) is 4. The molecule has 0 bridgehead atoms. The molecule has 0 unspecified atom stereocenters. The first-order chi connectivity index (χ1) is 10.2. The van der Waals surface area contributed by atoms with Crippen LogP contribution >= 0.6 is 0 Å². The van der Waals surface area contributed by atoms with Crippen molar-refractivity contribution in [3.63, 3.8) is 0 Å². The number of benzene rings is 1. The van der Waals surface area contributed by atoms with Crippen LogP contribution in [-0.2, 0) is 13.1 Å². The second-order valence-corrected chi connectivity index (χ2v) is 5.16. The fourth-order valence-electron chi connectivity index (χ4n) is 1.94. The lowest BCUT2D eigenvalue weighted by atomic mass is 10.2. The molecule has 1 N–H and O–H groups in total. The largest absolute Gasteiger partial charge is 0.497 e. The van der Waals surface area contributed by atoms with Crippen LogP contribution < -0.4 is 14.8 Å². The van der Waals surface area contributed by atoms with E-state index >= 15 is 0 Å². The van der Waals surface area contributed by atoms with Gasteiger partial charge in [0.05, 0.1) is 20.0 Å². The zero-order valence-corrected chi connectivity index (χ0v) is 12.9. The number of aromatic nitrogens is 2. The van der Waals surface area contributed by atoms with E-state index in [4.69, 9.17) is 9.47 Å². The molecule has 1 heterocycles. The average molecular weight is 289 g/mol. The molecule has 5 nitrogen and oxygen atoms in total. The molecule has 0 atom stereocenters. The maximum atomic E-state index is 5.92. The van der Waals surface area contributed by atoms with E-state index in [0.29, 0.717) is 12.6 Å². The standard InChI is InChI=1S/C16H23N3O2/c1-13(2)18-11-14-4-5-15(20-3)10-16(14)21-9-8-19-7-6-17-12-19/h4-7,10,12-13,18H,8-9,11H2,1-3H3. The molecule has 0 saturated carbocycles. The first-order valence-corrected chi connectivity index (χ1v) is 7.18. The Balaban J connectivity index is 1.99. The van der Waals surface area contributed by atoms with Gasteiger partial charge < -0.3 is 19.4 Å². The summed E-state index contributed by atoms with van der Waals surface area (Å²) < 4.78 is 13.2. The number of nitrogens with zero attached hydrogens (tertiary/aromatic N) is 2.